The molecule has 0 aliphatic carbocycles. The number of hydrogen-bond donors (Lipinski definition) is 2. The van der Waals surface area contributed by atoms with Crippen molar-refractivity contribution in [2.45, 2.75) is 20.3 Å². The molecule has 0 saturated carbocycles. The summed E-state index contributed by atoms with van der Waals surface area (Å²) in [5, 5.41) is 4.12. The highest BCUT2D eigenvalue weighted by atomic mass is 79.9. The molecule has 3 rings (SSSR count). The normalized spacial score (nSPS) is 11.3. The summed E-state index contributed by atoms with van der Waals surface area (Å²) >= 11 is 0. The third kappa shape index (κ3) is 5.65. The van der Waals surface area contributed by atoms with Crippen LogP contribution in [0.2, 0.25) is 0 Å². The van der Waals surface area contributed by atoms with Gasteiger partial charge in [-0.05, 0) is 42.7 Å². The van der Waals surface area contributed by atoms with E-state index >= 15 is 0 Å². The maximum absolute atomic E-state index is 5.71. The van der Waals surface area contributed by atoms with Crippen molar-refractivity contribution in [1.29, 1.82) is 0 Å². The van der Waals surface area contributed by atoms with Crippen LogP contribution < -0.4 is 32.5 Å². The molecule has 3 aromatic rings. The van der Waals surface area contributed by atoms with E-state index in [-0.39, 0.29) is 34.0 Å². The van der Waals surface area contributed by atoms with Gasteiger partial charge in [0.2, 0.25) is 5.96 Å². The average molecular weight is 510 g/mol. The molecule has 0 atom stereocenters. The lowest BCUT2D eigenvalue weighted by molar-refractivity contribution is -0.510. The molecule has 0 bridgehead atoms. The van der Waals surface area contributed by atoms with Gasteiger partial charge in [0.1, 0.15) is 6.20 Å². The number of imidazole rings is 1. The van der Waals surface area contributed by atoms with Gasteiger partial charge in [0.05, 0.1) is 19.5 Å². The molecule has 3 N–H and O–H groups in total. The van der Waals surface area contributed by atoms with Gasteiger partial charge in [-0.2, -0.15) is 5.10 Å². The standard InChI is InChI=1S/C20H25N6.2BrH/c1-4-10-22-20(21)24-23-13-16-5-7-17(8-6-16)18-14-26-11-9-15(2)12-19(26)25(18)3;;/h5-9,11-14H,4,10H2,1-3H3,(H3,21,22,24);2*1H/q+1;;/p-1/b23-13+;;. The topological polar surface area (TPSA) is 71.8 Å². The molecule has 0 spiro atoms. The summed E-state index contributed by atoms with van der Waals surface area (Å²) in [5.41, 5.74) is 14.2. The predicted octanol–water partition coefficient (Wildman–Crippen LogP) is -0.0307. The Balaban J connectivity index is 0.00000196. The van der Waals surface area contributed by atoms with Gasteiger partial charge in [-0.1, -0.05) is 19.1 Å². The van der Waals surface area contributed by atoms with Gasteiger partial charge >= 0.3 is 0 Å². The second-order valence-corrected chi connectivity index (χ2v) is 6.30. The number of nitrogens with two attached hydrogens (primary N) is 1. The summed E-state index contributed by atoms with van der Waals surface area (Å²) in [6.45, 7) is 4.86. The molecule has 0 amide bonds. The molecule has 2 aromatic heterocycles. The zero-order valence-electron chi connectivity index (χ0n) is 16.3. The van der Waals surface area contributed by atoms with Gasteiger partial charge < -0.3 is 22.7 Å². The molecule has 0 fully saturated rings. The smallest absolute Gasteiger partial charge is 0.286 e. The second-order valence-electron chi connectivity index (χ2n) is 6.30. The quantitative estimate of drug-likeness (QED) is 0.219. The van der Waals surface area contributed by atoms with E-state index in [1.807, 2.05) is 12.1 Å². The number of pyridine rings is 1. The summed E-state index contributed by atoms with van der Waals surface area (Å²) < 4.78 is 4.34. The molecule has 0 aliphatic heterocycles. The average Bonchev–Trinajstić information content (AvgIpc) is 2.97. The zero-order chi connectivity index (χ0) is 18.5. The van der Waals surface area contributed by atoms with Gasteiger partial charge in [0, 0.05) is 18.2 Å². The minimum atomic E-state index is 0. The van der Waals surface area contributed by atoms with Crippen molar-refractivity contribution >= 4 is 34.8 Å². The fourth-order valence-electron chi connectivity index (χ4n) is 2.77. The Morgan fingerprint density at radius 3 is 2.64 bits per heavy atom. The van der Waals surface area contributed by atoms with Crippen molar-refractivity contribution in [3.8, 4) is 11.3 Å². The number of fused-ring (bicyclic) bond motifs is 1. The molecule has 0 radical (unpaired) electrons. The Labute approximate surface area is 186 Å². The maximum Gasteiger partial charge on any atom is 0.286 e. The number of hydrazone groups is 1. The van der Waals surface area contributed by atoms with Crippen LogP contribution in [0.4, 0.5) is 0 Å². The van der Waals surface area contributed by atoms with Gasteiger partial charge in [0.15, 0.2) is 5.69 Å². The molecule has 0 unspecified atom stereocenters. The van der Waals surface area contributed by atoms with Crippen LogP contribution >= 0.6 is 17.0 Å². The predicted molar refractivity (Wildman–Crippen MR) is 117 cm³/mol. The number of hydrogen-bond acceptors (Lipinski definition) is 2. The lowest BCUT2D eigenvalue weighted by atomic mass is 10.1. The SMILES string of the molecule is Br.CCCN=C(N)N/N=C/c1ccc(-c2c[n+]3ccc(C)cc3n2C)cc1.[Br-]. The molecule has 8 heteroatoms. The maximum atomic E-state index is 5.71. The minimum absolute atomic E-state index is 0. The van der Waals surface area contributed by atoms with Gasteiger partial charge in [-0.3, -0.25) is 4.99 Å². The Hall–Kier alpha value is -2.19. The Morgan fingerprint density at radius 2 is 1.96 bits per heavy atom. The number of nitrogens with zero attached hydrogens (tertiary/aromatic N) is 4. The molecule has 1 aromatic carbocycles. The van der Waals surface area contributed by atoms with Crippen molar-refractivity contribution in [2.24, 2.45) is 22.9 Å². The van der Waals surface area contributed by atoms with Crippen LogP contribution in [0.5, 0.6) is 0 Å². The first-order valence-corrected chi connectivity index (χ1v) is 8.75. The van der Waals surface area contributed by atoms with Gasteiger partial charge in [-0.25, -0.2) is 14.4 Å². The number of rotatable bonds is 5. The number of guanidine groups is 1. The summed E-state index contributed by atoms with van der Waals surface area (Å²) in [6.07, 6.45) is 6.92. The third-order valence-corrected chi connectivity index (χ3v) is 4.19. The monoisotopic (exact) mass is 508 g/mol. The number of benzene rings is 1. The first-order chi connectivity index (χ1) is 12.6. The van der Waals surface area contributed by atoms with Crippen LogP contribution in [-0.2, 0) is 7.05 Å². The highest BCUT2D eigenvalue weighted by Crippen LogP contribution is 2.20. The molecule has 6 nitrogen and oxygen atoms in total. The van der Waals surface area contributed by atoms with E-state index in [0.717, 1.165) is 28.9 Å². The first-order valence-electron chi connectivity index (χ1n) is 8.75. The summed E-state index contributed by atoms with van der Waals surface area (Å²) in [6, 6.07) is 12.6. The summed E-state index contributed by atoms with van der Waals surface area (Å²) in [4.78, 5) is 4.13. The Bertz CT molecular complexity index is 961. The van der Waals surface area contributed by atoms with Crippen LogP contribution in [0.25, 0.3) is 16.9 Å². The van der Waals surface area contributed by atoms with E-state index in [2.05, 4.69) is 82.0 Å². The number of nitrogens with one attached hydrogen (secondary N) is 1. The molecule has 150 valence electrons. The molecular formula is C20H26Br2N6. The molecule has 0 saturated heterocycles. The summed E-state index contributed by atoms with van der Waals surface area (Å²) in [7, 11) is 2.09. The van der Waals surface area contributed by atoms with Crippen LogP contribution in [0.15, 0.2) is 58.9 Å². The highest BCUT2D eigenvalue weighted by molar-refractivity contribution is 8.93. The molecule has 0 aliphatic rings. The first kappa shape index (κ1) is 23.8. The van der Waals surface area contributed by atoms with Crippen LogP contribution in [-0.4, -0.2) is 23.3 Å². The minimum Gasteiger partial charge on any atom is -1.00 e. The Morgan fingerprint density at radius 1 is 1.25 bits per heavy atom. The van der Waals surface area contributed by atoms with E-state index < -0.39 is 0 Å². The van der Waals surface area contributed by atoms with Crippen molar-refractivity contribution in [3.05, 3.63) is 59.9 Å². The summed E-state index contributed by atoms with van der Waals surface area (Å²) in [5.74, 6) is 0.336. The third-order valence-electron chi connectivity index (χ3n) is 4.19. The van der Waals surface area contributed by atoms with Crippen molar-refractivity contribution in [3.63, 3.8) is 0 Å². The number of aliphatic imine (C=N–C) groups is 1. The van der Waals surface area contributed by atoms with Crippen LogP contribution in [0.3, 0.4) is 0 Å². The number of aromatic nitrogens is 2. The second kappa shape index (κ2) is 11.0. The molecular weight excluding hydrogens is 484 g/mol. The Kier molecular flexibility index (Phi) is 9.34. The lowest BCUT2D eigenvalue weighted by Crippen LogP contribution is -3.00. The van der Waals surface area contributed by atoms with Crippen molar-refractivity contribution in [1.82, 2.24) is 9.99 Å². The molecule has 2 heterocycles. The van der Waals surface area contributed by atoms with Crippen LogP contribution in [0, 0.1) is 6.92 Å². The fraction of sp³-hybridized carbons (Fsp3) is 0.250. The van der Waals surface area contributed by atoms with Crippen molar-refractivity contribution < 1.29 is 21.4 Å². The van der Waals surface area contributed by atoms with E-state index in [1.54, 1.807) is 6.21 Å². The van der Waals surface area contributed by atoms with Crippen LogP contribution in [0.1, 0.15) is 24.5 Å². The largest absolute Gasteiger partial charge is 1.00 e. The fourth-order valence-corrected chi connectivity index (χ4v) is 2.77. The van der Waals surface area contributed by atoms with E-state index in [1.165, 1.54) is 5.56 Å². The highest BCUT2D eigenvalue weighted by Gasteiger charge is 2.15. The van der Waals surface area contributed by atoms with E-state index in [4.69, 9.17) is 5.73 Å². The van der Waals surface area contributed by atoms with E-state index in [9.17, 15) is 0 Å². The molecule has 28 heavy (non-hydrogen) atoms. The van der Waals surface area contributed by atoms with Gasteiger partial charge in [-0.15, -0.1) is 17.0 Å². The van der Waals surface area contributed by atoms with E-state index in [0.29, 0.717) is 12.5 Å². The number of halogens is 2. The zero-order valence-corrected chi connectivity index (χ0v) is 19.6. The van der Waals surface area contributed by atoms with Gasteiger partial charge in [0.25, 0.3) is 5.65 Å². The number of aryl methyl sites for hydroxylation is 2. The van der Waals surface area contributed by atoms with Crippen molar-refractivity contribution in [2.75, 3.05) is 6.54 Å². The lowest BCUT2D eigenvalue weighted by Gasteiger charge is -2.00.